The molecule has 0 aliphatic rings. The van der Waals surface area contributed by atoms with Crippen LogP contribution in [0.2, 0.25) is 0 Å². The number of ketones is 1. The van der Waals surface area contributed by atoms with Gasteiger partial charge in [0.05, 0.1) is 12.3 Å². The highest BCUT2D eigenvalue weighted by Gasteiger charge is 2.20. The van der Waals surface area contributed by atoms with Gasteiger partial charge in [0.2, 0.25) is 5.78 Å². The van der Waals surface area contributed by atoms with E-state index in [1.54, 1.807) is 12.1 Å². The average molecular weight is 276 g/mol. The van der Waals surface area contributed by atoms with Gasteiger partial charge in [-0.2, -0.15) is 0 Å². The Hall–Kier alpha value is -1.75. The molecule has 1 aromatic heterocycles. The van der Waals surface area contributed by atoms with Crippen molar-refractivity contribution in [3.63, 3.8) is 0 Å². The lowest BCUT2D eigenvalue weighted by atomic mass is 10.0. The Morgan fingerprint density at radius 1 is 1.42 bits per heavy atom. The Labute approximate surface area is 116 Å². The highest BCUT2D eigenvalue weighted by molar-refractivity contribution is 7.08. The van der Waals surface area contributed by atoms with Gasteiger partial charge in [-0.25, -0.2) is 0 Å². The van der Waals surface area contributed by atoms with E-state index in [0.717, 1.165) is 17.2 Å². The van der Waals surface area contributed by atoms with Crippen LogP contribution in [0.15, 0.2) is 24.3 Å². The number of rotatable bonds is 5. The highest BCUT2D eigenvalue weighted by atomic mass is 32.1. The monoisotopic (exact) mass is 276 g/mol. The van der Waals surface area contributed by atoms with Gasteiger partial charge in [-0.15, -0.1) is 5.10 Å². The quantitative estimate of drug-likeness (QED) is 0.786. The molecule has 0 radical (unpaired) electrons. The SMILES string of the molecule is CCOc1cccc(C(=O)c2snnc2C(C)C)c1. The number of ether oxygens (including phenoxy) is 1. The summed E-state index contributed by atoms with van der Waals surface area (Å²) in [5, 5.41) is 4.04. The second kappa shape index (κ2) is 5.93. The van der Waals surface area contributed by atoms with E-state index in [4.69, 9.17) is 4.74 Å². The molecule has 0 atom stereocenters. The third-order valence-electron chi connectivity index (χ3n) is 2.67. The number of carbonyl (C=O) groups excluding carboxylic acids is 1. The maximum absolute atomic E-state index is 12.5. The zero-order valence-corrected chi connectivity index (χ0v) is 12.0. The molecule has 0 aliphatic carbocycles. The van der Waals surface area contributed by atoms with E-state index in [0.29, 0.717) is 22.8 Å². The number of benzene rings is 1. The minimum absolute atomic E-state index is 0.0414. The molecule has 0 amide bonds. The molecule has 2 aromatic rings. The Morgan fingerprint density at radius 3 is 2.89 bits per heavy atom. The highest BCUT2D eigenvalue weighted by Crippen LogP contribution is 2.24. The largest absolute Gasteiger partial charge is 0.494 e. The zero-order valence-electron chi connectivity index (χ0n) is 11.2. The van der Waals surface area contributed by atoms with Gasteiger partial charge in [-0.3, -0.25) is 4.79 Å². The van der Waals surface area contributed by atoms with Crippen molar-refractivity contribution in [2.24, 2.45) is 0 Å². The van der Waals surface area contributed by atoms with Crippen LogP contribution in [-0.4, -0.2) is 22.0 Å². The smallest absolute Gasteiger partial charge is 0.206 e. The van der Waals surface area contributed by atoms with Gasteiger partial charge in [-0.1, -0.05) is 30.5 Å². The van der Waals surface area contributed by atoms with Gasteiger partial charge in [0, 0.05) is 5.56 Å². The summed E-state index contributed by atoms with van der Waals surface area (Å²) in [6, 6.07) is 7.21. The minimum atomic E-state index is -0.0414. The number of aromatic nitrogens is 2. The van der Waals surface area contributed by atoms with E-state index in [1.165, 1.54) is 0 Å². The van der Waals surface area contributed by atoms with Crippen molar-refractivity contribution in [3.8, 4) is 5.75 Å². The average Bonchev–Trinajstić information content (AvgIpc) is 2.88. The molecule has 0 spiro atoms. The Morgan fingerprint density at radius 2 is 2.21 bits per heavy atom. The minimum Gasteiger partial charge on any atom is -0.494 e. The summed E-state index contributed by atoms with van der Waals surface area (Å²) in [7, 11) is 0. The maximum Gasteiger partial charge on any atom is 0.206 e. The van der Waals surface area contributed by atoms with Crippen molar-refractivity contribution >= 4 is 17.3 Å². The number of carbonyl (C=O) groups is 1. The molecular formula is C14H16N2O2S. The van der Waals surface area contributed by atoms with Crippen molar-refractivity contribution in [3.05, 3.63) is 40.4 Å². The van der Waals surface area contributed by atoms with Crippen molar-refractivity contribution in [2.75, 3.05) is 6.61 Å². The van der Waals surface area contributed by atoms with Crippen LogP contribution in [0.4, 0.5) is 0 Å². The van der Waals surface area contributed by atoms with Crippen molar-refractivity contribution in [1.29, 1.82) is 0 Å². The fraction of sp³-hybridized carbons (Fsp3) is 0.357. The standard InChI is InChI=1S/C14H16N2O2S/c1-4-18-11-7-5-6-10(8-11)13(17)14-12(9(2)3)15-16-19-14/h5-9H,4H2,1-3H3. The van der Waals surface area contributed by atoms with E-state index in [2.05, 4.69) is 9.59 Å². The lowest BCUT2D eigenvalue weighted by molar-refractivity contribution is 0.104. The third kappa shape index (κ3) is 2.98. The van der Waals surface area contributed by atoms with E-state index in [1.807, 2.05) is 32.9 Å². The lowest BCUT2D eigenvalue weighted by Gasteiger charge is -2.06. The fourth-order valence-corrected chi connectivity index (χ4v) is 2.54. The van der Waals surface area contributed by atoms with E-state index in [-0.39, 0.29) is 11.7 Å². The molecule has 1 heterocycles. The summed E-state index contributed by atoms with van der Waals surface area (Å²) in [6.07, 6.45) is 0. The van der Waals surface area contributed by atoms with Gasteiger partial charge < -0.3 is 4.74 Å². The van der Waals surface area contributed by atoms with Gasteiger partial charge >= 0.3 is 0 Å². The van der Waals surface area contributed by atoms with Crippen LogP contribution < -0.4 is 4.74 Å². The van der Waals surface area contributed by atoms with Crippen LogP contribution in [0, 0.1) is 0 Å². The number of nitrogens with zero attached hydrogens (tertiary/aromatic N) is 2. The second-order valence-electron chi connectivity index (χ2n) is 4.43. The summed E-state index contributed by atoms with van der Waals surface area (Å²) in [5.41, 5.74) is 1.37. The first kappa shape index (κ1) is 13.7. The summed E-state index contributed by atoms with van der Waals surface area (Å²) in [5.74, 6) is 0.852. The van der Waals surface area contributed by atoms with Crippen LogP contribution in [-0.2, 0) is 0 Å². The van der Waals surface area contributed by atoms with Crippen LogP contribution >= 0.6 is 11.5 Å². The molecule has 19 heavy (non-hydrogen) atoms. The first-order chi connectivity index (χ1) is 9.13. The molecule has 0 N–H and O–H groups in total. The van der Waals surface area contributed by atoms with Crippen LogP contribution in [0.3, 0.4) is 0 Å². The molecule has 2 rings (SSSR count). The van der Waals surface area contributed by atoms with Crippen molar-refractivity contribution in [2.45, 2.75) is 26.7 Å². The van der Waals surface area contributed by atoms with E-state index < -0.39 is 0 Å². The molecule has 1 aromatic carbocycles. The molecular weight excluding hydrogens is 260 g/mol. The second-order valence-corrected chi connectivity index (χ2v) is 5.19. The Balaban J connectivity index is 2.33. The van der Waals surface area contributed by atoms with Gasteiger partial charge in [-0.05, 0) is 36.5 Å². The third-order valence-corrected chi connectivity index (χ3v) is 3.41. The Kier molecular flexibility index (Phi) is 4.27. The van der Waals surface area contributed by atoms with Gasteiger partial charge in [0.25, 0.3) is 0 Å². The molecule has 5 heteroatoms. The van der Waals surface area contributed by atoms with E-state index in [9.17, 15) is 4.79 Å². The predicted octanol–water partition coefficient (Wildman–Crippen LogP) is 3.29. The summed E-state index contributed by atoms with van der Waals surface area (Å²) in [4.78, 5) is 13.1. The summed E-state index contributed by atoms with van der Waals surface area (Å²) >= 11 is 1.15. The molecule has 100 valence electrons. The molecule has 0 bridgehead atoms. The topological polar surface area (TPSA) is 52.1 Å². The number of hydrogen-bond acceptors (Lipinski definition) is 5. The van der Waals surface area contributed by atoms with Gasteiger partial charge in [0.15, 0.2) is 0 Å². The first-order valence-electron chi connectivity index (χ1n) is 6.23. The molecule has 0 saturated heterocycles. The molecule has 0 aliphatic heterocycles. The first-order valence-corrected chi connectivity index (χ1v) is 7.00. The van der Waals surface area contributed by atoms with Crippen LogP contribution in [0.25, 0.3) is 0 Å². The summed E-state index contributed by atoms with van der Waals surface area (Å²) in [6.45, 7) is 6.50. The van der Waals surface area contributed by atoms with Crippen LogP contribution in [0.5, 0.6) is 5.75 Å². The number of hydrogen-bond donors (Lipinski definition) is 0. The molecule has 0 unspecified atom stereocenters. The van der Waals surface area contributed by atoms with E-state index >= 15 is 0 Å². The molecule has 4 nitrogen and oxygen atoms in total. The van der Waals surface area contributed by atoms with Crippen molar-refractivity contribution < 1.29 is 9.53 Å². The van der Waals surface area contributed by atoms with Crippen molar-refractivity contribution in [1.82, 2.24) is 9.59 Å². The zero-order chi connectivity index (χ0) is 13.8. The molecule has 0 saturated carbocycles. The Bertz CT molecular complexity index is 578. The molecule has 0 fully saturated rings. The van der Waals surface area contributed by atoms with Crippen LogP contribution in [0.1, 0.15) is 47.6 Å². The normalized spacial score (nSPS) is 10.7. The fourth-order valence-electron chi connectivity index (χ4n) is 1.76. The van der Waals surface area contributed by atoms with Gasteiger partial charge in [0.1, 0.15) is 10.6 Å². The summed E-state index contributed by atoms with van der Waals surface area (Å²) < 4.78 is 9.30. The lowest BCUT2D eigenvalue weighted by Crippen LogP contribution is -2.04. The predicted molar refractivity (Wildman–Crippen MR) is 75.0 cm³/mol. The maximum atomic E-state index is 12.5.